The highest BCUT2D eigenvalue weighted by Crippen LogP contribution is 2.24. The Morgan fingerprint density at radius 3 is 2.80 bits per heavy atom. The summed E-state index contributed by atoms with van der Waals surface area (Å²) in [5, 5.41) is 4.32. The molecule has 0 fully saturated rings. The number of thioether (sulfide) groups is 1. The molecule has 4 heteroatoms. The Hall–Kier alpha value is -0.0300. The van der Waals surface area contributed by atoms with Crippen LogP contribution in [-0.4, -0.2) is 36.5 Å². The van der Waals surface area contributed by atoms with Gasteiger partial charge >= 0.3 is 0 Å². The lowest BCUT2D eigenvalue weighted by Crippen LogP contribution is -2.38. The maximum absolute atomic E-state index is 6.06. The highest BCUT2D eigenvalue weighted by atomic mass is 32.2. The summed E-state index contributed by atoms with van der Waals surface area (Å²) < 4.78 is 0. The molecule has 1 heterocycles. The van der Waals surface area contributed by atoms with Crippen LogP contribution in [0.4, 0.5) is 0 Å². The summed E-state index contributed by atoms with van der Waals surface area (Å²) in [6, 6.07) is 2.70. The fourth-order valence-corrected chi connectivity index (χ4v) is 2.94. The molecule has 0 aliphatic carbocycles. The SMILES string of the molecule is CSCCN(C)C(c1ccsc1)C(C)N. The van der Waals surface area contributed by atoms with Crippen LogP contribution >= 0.6 is 23.1 Å². The van der Waals surface area contributed by atoms with Gasteiger partial charge in [-0.25, -0.2) is 0 Å². The number of nitrogens with zero attached hydrogens (tertiary/aromatic N) is 1. The van der Waals surface area contributed by atoms with Gasteiger partial charge in [-0.05, 0) is 42.6 Å². The maximum atomic E-state index is 6.06. The average Bonchev–Trinajstić information content (AvgIpc) is 2.67. The molecule has 0 aliphatic rings. The van der Waals surface area contributed by atoms with E-state index in [2.05, 4.69) is 42.0 Å². The predicted molar refractivity (Wildman–Crippen MR) is 71.7 cm³/mol. The normalized spacial score (nSPS) is 15.5. The summed E-state index contributed by atoms with van der Waals surface area (Å²) in [5.41, 5.74) is 7.40. The smallest absolute Gasteiger partial charge is 0.0502 e. The molecule has 0 saturated carbocycles. The molecule has 0 saturated heterocycles. The van der Waals surface area contributed by atoms with Crippen LogP contribution in [0.3, 0.4) is 0 Å². The highest BCUT2D eigenvalue weighted by Gasteiger charge is 2.20. The van der Waals surface area contributed by atoms with Gasteiger partial charge in [0.25, 0.3) is 0 Å². The van der Waals surface area contributed by atoms with Crippen LogP contribution in [-0.2, 0) is 0 Å². The first kappa shape index (κ1) is 13.0. The highest BCUT2D eigenvalue weighted by molar-refractivity contribution is 7.98. The second-order valence-electron chi connectivity index (χ2n) is 3.83. The van der Waals surface area contributed by atoms with Crippen LogP contribution in [0.15, 0.2) is 16.8 Å². The molecule has 1 rings (SSSR count). The van der Waals surface area contributed by atoms with Crippen LogP contribution in [0.2, 0.25) is 0 Å². The first-order chi connectivity index (χ1) is 7.16. The van der Waals surface area contributed by atoms with Crippen LogP contribution in [0.25, 0.3) is 0 Å². The molecule has 1 aromatic rings. The van der Waals surface area contributed by atoms with Crippen molar-refractivity contribution in [2.45, 2.75) is 19.0 Å². The quantitative estimate of drug-likeness (QED) is 0.833. The van der Waals surface area contributed by atoms with Gasteiger partial charge in [0.1, 0.15) is 0 Å². The zero-order chi connectivity index (χ0) is 11.3. The Labute approximate surface area is 101 Å². The zero-order valence-corrected chi connectivity index (χ0v) is 11.3. The van der Waals surface area contributed by atoms with Crippen molar-refractivity contribution in [2.75, 3.05) is 25.6 Å². The first-order valence-corrected chi connectivity index (χ1v) is 7.47. The molecule has 2 atom stereocenters. The monoisotopic (exact) mass is 244 g/mol. The largest absolute Gasteiger partial charge is 0.326 e. The van der Waals surface area contributed by atoms with Crippen LogP contribution in [0.1, 0.15) is 18.5 Å². The van der Waals surface area contributed by atoms with E-state index in [1.54, 1.807) is 11.3 Å². The van der Waals surface area contributed by atoms with Crippen LogP contribution < -0.4 is 5.73 Å². The molecular formula is C11H20N2S2. The number of nitrogens with two attached hydrogens (primary N) is 1. The molecular weight excluding hydrogens is 224 g/mol. The van der Waals surface area contributed by atoms with Crippen molar-refractivity contribution in [2.24, 2.45) is 5.73 Å². The molecule has 15 heavy (non-hydrogen) atoms. The van der Waals surface area contributed by atoms with Gasteiger partial charge in [-0.2, -0.15) is 23.1 Å². The Bertz CT molecular complexity index is 260. The summed E-state index contributed by atoms with van der Waals surface area (Å²) in [5.74, 6) is 1.16. The Morgan fingerprint density at radius 1 is 1.60 bits per heavy atom. The fourth-order valence-electron chi connectivity index (χ4n) is 1.78. The predicted octanol–water partition coefficient (Wildman–Crippen LogP) is 2.43. The fraction of sp³-hybridized carbons (Fsp3) is 0.636. The number of hydrogen-bond acceptors (Lipinski definition) is 4. The average molecular weight is 244 g/mol. The number of likely N-dealkylation sites (N-methyl/N-ethyl adjacent to an activating group) is 1. The molecule has 1 aromatic heterocycles. The van der Waals surface area contributed by atoms with E-state index < -0.39 is 0 Å². The summed E-state index contributed by atoms with van der Waals surface area (Å²) in [7, 11) is 2.15. The Balaban J connectivity index is 2.66. The minimum atomic E-state index is 0.173. The third kappa shape index (κ3) is 3.79. The van der Waals surface area contributed by atoms with E-state index in [1.807, 2.05) is 11.8 Å². The molecule has 0 spiro atoms. The van der Waals surface area contributed by atoms with Gasteiger partial charge in [0.05, 0.1) is 6.04 Å². The number of rotatable bonds is 6. The number of thiophene rings is 1. The lowest BCUT2D eigenvalue weighted by atomic mass is 10.0. The van der Waals surface area contributed by atoms with Crippen molar-refractivity contribution in [3.8, 4) is 0 Å². The van der Waals surface area contributed by atoms with Crippen molar-refractivity contribution < 1.29 is 0 Å². The first-order valence-electron chi connectivity index (χ1n) is 5.13. The van der Waals surface area contributed by atoms with E-state index >= 15 is 0 Å². The summed E-state index contributed by atoms with van der Waals surface area (Å²) in [4.78, 5) is 2.35. The molecule has 0 bridgehead atoms. The minimum Gasteiger partial charge on any atom is -0.326 e. The van der Waals surface area contributed by atoms with E-state index in [0.29, 0.717) is 6.04 Å². The molecule has 2 nitrogen and oxygen atoms in total. The third-order valence-corrected chi connectivity index (χ3v) is 3.80. The lowest BCUT2D eigenvalue weighted by molar-refractivity contribution is 0.232. The van der Waals surface area contributed by atoms with Crippen molar-refractivity contribution in [3.05, 3.63) is 22.4 Å². The summed E-state index contributed by atoms with van der Waals surface area (Å²) in [6.45, 7) is 3.17. The molecule has 2 N–H and O–H groups in total. The Morgan fingerprint density at radius 2 is 2.33 bits per heavy atom. The van der Waals surface area contributed by atoms with E-state index in [-0.39, 0.29) is 6.04 Å². The molecule has 0 amide bonds. The van der Waals surface area contributed by atoms with Crippen molar-refractivity contribution in [1.82, 2.24) is 4.90 Å². The third-order valence-electron chi connectivity index (χ3n) is 2.51. The summed E-state index contributed by atoms with van der Waals surface area (Å²) in [6.07, 6.45) is 2.14. The molecule has 0 radical (unpaired) electrons. The van der Waals surface area contributed by atoms with Gasteiger partial charge in [-0.15, -0.1) is 0 Å². The molecule has 0 aromatic carbocycles. The zero-order valence-electron chi connectivity index (χ0n) is 9.64. The van der Waals surface area contributed by atoms with E-state index in [0.717, 1.165) is 12.3 Å². The maximum Gasteiger partial charge on any atom is 0.0502 e. The van der Waals surface area contributed by atoms with Gasteiger partial charge in [0.15, 0.2) is 0 Å². The van der Waals surface area contributed by atoms with Crippen molar-refractivity contribution >= 4 is 23.1 Å². The topological polar surface area (TPSA) is 29.3 Å². The van der Waals surface area contributed by atoms with Crippen molar-refractivity contribution in [3.63, 3.8) is 0 Å². The van der Waals surface area contributed by atoms with E-state index in [9.17, 15) is 0 Å². The standard InChI is InChI=1S/C11H20N2S2/c1-9(12)11(10-4-6-15-8-10)13(2)5-7-14-3/h4,6,8-9,11H,5,7,12H2,1-3H3. The second-order valence-corrected chi connectivity index (χ2v) is 5.60. The summed E-state index contributed by atoms with van der Waals surface area (Å²) >= 11 is 3.62. The van der Waals surface area contributed by atoms with Gasteiger partial charge in [-0.1, -0.05) is 0 Å². The van der Waals surface area contributed by atoms with Crippen LogP contribution in [0.5, 0.6) is 0 Å². The molecule has 2 unspecified atom stereocenters. The minimum absolute atomic E-state index is 0.173. The number of hydrogen-bond donors (Lipinski definition) is 1. The Kier molecular flexibility index (Phi) is 5.68. The van der Waals surface area contributed by atoms with Crippen LogP contribution in [0, 0.1) is 0 Å². The van der Waals surface area contributed by atoms with Crippen molar-refractivity contribution in [1.29, 1.82) is 0 Å². The van der Waals surface area contributed by atoms with E-state index in [4.69, 9.17) is 5.73 Å². The van der Waals surface area contributed by atoms with Gasteiger partial charge < -0.3 is 5.73 Å². The lowest BCUT2D eigenvalue weighted by Gasteiger charge is -2.30. The van der Waals surface area contributed by atoms with Gasteiger partial charge in [0, 0.05) is 18.3 Å². The molecule has 86 valence electrons. The van der Waals surface area contributed by atoms with Gasteiger partial charge in [0.2, 0.25) is 0 Å². The second kappa shape index (κ2) is 6.53. The molecule has 0 aliphatic heterocycles. The van der Waals surface area contributed by atoms with Gasteiger partial charge in [-0.3, -0.25) is 4.90 Å². The van der Waals surface area contributed by atoms with E-state index in [1.165, 1.54) is 5.56 Å².